The lowest BCUT2D eigenvalue weighted by atomic mass is 10.2. The number of aromatic amines is 1. The Hall–Kier alpha value is -2.57. The number of fused-ring (bicyclic) bond motifs is 1. The molecule has 0 unspecified atom stereocenters. The van der Waals surface area contributed by atoms with Crippen LogP contribution in [0.4, 0.5) is 11.6 Å². The van der Waals surface area contributed by atoms with Crippen LogP contribution in [0.3, 0.4) is 0 Å². The third-order valence-electron chi connectivity index (χ3n) is 2.94. The molecule has 0 spiro atoms. The van der Waals surface area contributed by atoms with E-state index in [4.69, 9.17) is 11.5 Å². The monoisotopic (exact) mass is 275 g/mol. The summed E-state index contributed by atoms with van der Waals surface area (Å²) in [6.07, 6.45) is 0. The summed E-state index contributed by atoms with van der Waals surface area (Å²) in [6, 6.07) is 4.88. The maximum absolute atomic E-state index is 12.1. The van der Waals surface area contributed by atoms with E-state index in [0.29, 0.717) is 22.5 Å². The van der Waals surface area contributed by atoms with Crippen molar-refractivity contribution in [2.24, 2.45) is 5.73 Å². The van der Waals surface area contributed by atoms with Crippen LogP contribution in [0.15, 0.2) is 23.0 Å². The third kappa shape index (κ3) is 2.71. The first-order chi connectivity index (χ1) is 9.38. The van der Waals surface area contributed by atoms with Crippen molar-refractivity contribution in [1.82, 2.24) is 9.97 Å². The van der Waals surface area contributed by atoms with Crippen molar-refractivity contribution < 1.29 is 4.79 Å². The van der Waals surface area contributed by atoms with E-state index in [2.05, 4.69) is 9.97 Å². The zero-order chi connectivity index (χ0) is 14.9. The van der Waals surface area contributed by atoms with E-state index in [1.807, 2.05) is 13.8 Å². The van der Waals surface area contributed by atoms with Gasteiger partial charge in [0.2, 0.25) is 11.9 Å². The van der Waals surface area contributed by atoms with Crippen molar-refractivity contribution in [3.05, 3.63) is 28.6 Å². The number of nitrogen functional groups attached to an aromatic ring is 1. The molecule has 1 heterocycles. The van der Waals surface area contributed by atoms with Gasteiger partial charge in [0, 0.05) is 11.7 Å². The Balaban J connectivity index is 2.57. The molecule has 106 valence electrons. The first-order valence-electron chi connectivity index (χ1n) is 6.23. The number of nitrogens with one attached hydrogen (secondary N) is 1. The second-order valence-electron chi connectivity index (χ2n) is 4.85. The fourth-order valence-electron chi connectivity index (χ4n) is 1.95. The molecular weight excluding hydrogens is 258 g/mol. The summed E-state index contributed by atoms with van der Waals surface area (Å²) >= 11 is 0. The van der Waals surface area contributed by atoms with Gasteiger partial charge in [0.1, 0.15) is 0 Å². The molecule has 7 heteroatoms. The second kappa shape index (κ2) is 5.20. The van der Waals surface area contributed by atoms with Gasteiger partial charge in [-0.05, 0) is 32.0 Å². The number of amides is 1. The summed E-state index contributed by atoms with van der Waals surface area (Å²) < 4.78 is 0. The van der Waals surface area contributed by atoms with E-state index >= 15 is 0 Å². The van der Waals surface area contributed by atoms with Gasteiger partial charge in [0.05, 0.1) is 17.4 Å². The molecule has 1 amide bonds. The number of anilines is 2. The normalized spacial score (nSPS) is 10.9. The molecule has 0 fully saturated rings. The lowest BCUT2D eigenvalue weighted by molar-refractivity contribution is -0.116. The smallest absolute Gasteiger partial charge is 0.260 e. The first kappa shape index (κ1) is 13.9. The van der Waals surface area contributed by atoms with Crippen molar-refractivity contribution in [2.75, 3.05) is 17.2 Å². The number of nitrogens with zero attached hydrogens (tertiary/aromatic N) is 2. The Morgan fingerprint density at radius 2 is 2.15 bits per heavy atom. The van der Waals surface area contributed by atoms with Crippen molar-refractivity contribution >= 4 is 28.4 Å². The zero-order valence-electron chi connectivity index (χ0n) is 11.4. The second-order valence-corrected chi connectivity index (χ2v) is 4.85. The molecule has 0 atom stereocenters. The van der Waals surface area contributed by atoms with Crippen molar-refractivity contribution in [3.63, 3.8) is 0 Å². The highest BCUT2D eigenvalue weighted by atomic mass is 16.1. The van der Waals surface area contributed by atoms with Crippen LogP contribution in [-0.2, 0) is 4.79 Å². The Morgan fingerprint density at radius 1 is 1.45 bits per heavy atom. The zero-order valence-corrected chi connectivity index (χ0v) is 11.4. The van der Waals surface area contributed by atoms with Crippen LogP contribution < -0.4 is 21.9 Å². The Morgan fingerprint density at radius 3 is 2.75 bits per heavy atom. The average molecular weight is 275 g/mol. The number of nitrogens with two attached hydrogens (primary N) is 2. The van der Waals surface area contributed by atoms with E-state index < -0.39 is 5.91 Å². The number of benzene rings is 1. The minimum absolute atomic E-state index is 0.0128. The van der Waals surface area contributed by atoms with Gasteiger partial charge >= 0.3 is 0 Å². The molecule has 0 aliphatic rings. The number of hydrogen-bond donors (Lipinski definition) is 3. The highest BCUT2D eigenvalue weighted by molar-refractivity contribution is 5.83. The fourth-order valence-corrected chi connectivity index (χ4v) is 1.95. The summed E-state index contributed by atoms with van der Waals surface area (Å²) in [6.45, 7) is 3.76. The molecule has 2 rings (SSSR count). The molecule has 0 aliphatic carbocycles. The summed E-state index contributed by atoms with van der Waals surface area (Å²) in [4.78, 5) is 31.9. The average Bonchev–Trinajstić information content (AvgIpc) is 2.36. The van der Waals surface area contributed by atoms with Gasteiger partial charge in [-0.2, -0.15) is 0 Å². The van der Waals surface area contributed by atoms with E-state index in [1.54, 1.807) is 23.1 Å². The van der Waals surface area contributed by atoms with Crippen LogP contribution in [0.1, 0.15) is 13.8 Å². The van der Waals surface area contributed by atoms with Crippen LogP contribution in [-0.4, -0.2) is 28.5 Å². The van der Waals surface area contributed by atoms with Crippen LogP contribution in [0.25, 0.3) is 10.9 Å². The molecule has 5 N–H and O–H groups in total. The van der Waals surface area contributed by atoms with Crippen molar-refractivity contribution in [2.45, 2.75) is 19.9 Å². The van der Waals surface area contributed by atoms with Gasteiger partial charge < -0.3 is 16.4 Å². The highest BCUT2D eigenvalue weighted by Gasteiger charge is 2.16. The largest absolute Gasteiger partial charge is 0.399 e. The van der Waals surface area contributed by atoms with E-state index in [1.165, 1.54) is 0 Å². The molecular formula is C13H17N5O2. The van der Waals surface area contributed by atoms with Gasteiger partial charge in [-0.15, -0.1) is 0 Å². The van der Waals surface area contributed by atoms with E-state index in [-0.39, 0.29) is 18.1 Å². The molecule has 0 aliphatic heterocycles. The van der Waals surface area contributed by atoms with E-state index in [0.717, 1.165) is 0 Å². The molecule has 0 radical (unpaired) electrons. The van der Waals surface area contributed by atoms with Crippen molar-refractivity contribution in [3.8, 4) is 0 Å². The molecule has 20 heavy (non-hydrogen) atoms. The van der Waals surface area contributed by atoms with Crippen LogP contribution >= 0.6 is 0 Å². The minimum atomic E-state index is -0.487. The number of H-pyrrole nitrogens is 1. The summed E-state index contributed by atoms with van der Waals surface area (Å²) in [5.41, 5.74) is 11.6. The molecule has 0 saturated carbocycles. The van der Waals surface area contributed by atoms with Crippen LogP contribution in [0, 0.1) is 0 Å². The highest BCUT2D eigenvalue weighted by Crippen LogP contribution is 2.16. The van der Waals surface area contributed by atoms with Crippen molar-refractivity contribution in [1.29, 1.82) is 0 Å². The molecule has 2 aromatic rings. The predicted octanol–water partition coefficient (Wildman–Crippen LogP) is 0.205. The molecule has 7 nitrogen and oxygen atoms in total. The molecule has 1 aromatic carbocycles. The summed E-state index contributed by atoms with van der Waals surface area (Å²) in [5.74, 6) is -0.167. The van der Waals surface area contributed by atoms with E-state index in [9.17, 15) is 9.59 Å². The Bertz CT molecular complexity index is 707. The van der Waals surface area contributed by atoms with Crippen LogP contribution in [0.2, 0.25) is 0 Å². The van der Waals surface area contributed by atoms with Gasteiger partial charge in [-0.25, -0.2) is 4.98 Å². The number of carbonyl (C=O) groups excluding carboxylic acids is 1. The minimum Gasteiger partial charge on any atom is -0.399 e. The van der Waals surface area contributed by atoms with Gasteiger partial charge in [-0.1, -0.05) is 0 Å². The number of carbonyl (C=O) groups is 1. The third-order valence-corrected chi connectivity index (χ3v) is 2.94. The van der Waals surface area contributed by atoms with Crippen LogP contribution in [0.5, 0.6) is 0 Å². The molecule has 0 bridgehead atoms. The summed E-state index contributed by atoms with van der Waals surface area (Å²) in [7, 11) is 0. The summed E-state index contributed by atoms with van der Waals surface area (Å²) in [5, 5.41) is 0.413. The standard InChI is InChI=1S/C13H17N5O2/c1-7(2)18(6-11(15)19)13-16-10-4-3-8(14)5-9(10)12(20)17-13/h3-5,7H,6,14H2,1-2H3,(H2,15,19)(H,16,17,20). The number of aromatic nitrogens is 2. The quantitative estimate of drug-likeness (QED) is 0.689. The number of rotatable bonds is 4. The number of hydrogen-bond acceptors (Lipinski definition) is 5. The maximum atomic E-state index is 12.1. The SMILES string of the molecule is CC(C)N(CC(N)=O)c1nc2ccc(N)cc2c(=O)[nH]1. The van der Waals surface area contributed by atoms with Gasteiger partial charge in [0.15, 0.2) is 0 Å². The number of primary amides is 1. The molecule has 1 aromatic heterocycles. The topological polar surface area (TPSA) is 118 Å². The van der Waals surface area contributed by atoms with Gasteiger partial charge in [-0.3, -0.25) is 14.6 Å². The lowest BCUT2D eigenvalue weighted by Gasteiger charge is -2.25. The molecule has 0 saturated heterocycles. The Labute approximate surface area is 115 Å². The van der Waals surface area contributed by atoms with Gasteiger partial charge in [0.25, 0.3) is 5.56 Å². The Kier molecular flexibility index (Phi) is 3.60. The fraction of sp³-hybridized carbons (Fsp3) is 0.308. The lowest BCUT2D eigenvalue weighted by Crippen LogP contribution is -2.40. The first-order valence-corrected chi connectivity index (χ1v) is 6.23. The maximum Gasteiger partial charge on any atom is 0.260 e. The predicted molar refractivity (Wildman–Crippen MR) is 78.5 cm³/mol.